The Morgan fingerprint density at radius 2 is 2.17 bits per heavy atom. The molecule has 2 heterocycles. The second-order valence-corrected chi connectivity index (χ2v) is 6.74. The van der Waals surface area contributed by atoms with Crippen LogP contribution in [0.15, 0.2) is 34.9 Å². The first kappa shape index (κ1) is 15.5. The van der Waals surface area contributed by atoms with Gasteiger partial charge in [-0.25, -0.2) is 15.0 Å². The van der Waals surface area contributed by atoms with Gasteiger partial charge in [-0.1, -0.05) is 11.8 Å². The molecule has 0 unspecified atom stereocenters. The summed E-state index contributed by atoms with van der Waals surface area (Å²) in [6.07, 6.45) is 2.99. The fourth-order valence-electron chi connectivity index (χ4n) is 1.76. The number of thiazole rings is 1. The lowest BCUT2D eigenvalue weighted by Crippen LogP contribution is -2.15. The fourth-order valence-corrected chi connectivity index (χ4v) is 3.67. The van der Waals surface area contributed by atoms with Crippen molar-refractivity contribution in [2.75, 3.05) is 23.9 Å². The van der Waals surface area contributed by atoms with Crippen LogP contribution in [0, 0.1) is 0 Å². The van der Waals surface area contributed by atoms with Crippen molar-refractivity contribution in [2.45, 2.75) is 4.34 Å². The lowest BCUT2D eigenvalue weighted by Gasteiger charge is -2.03. The zero-order valence-electron chi connectivity index (χ0n) is 12.1. The van der Waals surface area contributed by atoms with Gasteiger partial charge in [0.1, 0.15) is 0 Å². The molecule has 0 aliphatic heterocycles. The molecule has 0 bridgehead atoms. The molecule has 3 N–H and O–H groups in total. The lowest BCUT2D eigenvalue weighted by atomic mass is 10.3. The second kappa shape index (κ2) is 6.80. The molecule has 0 radical (unpaired) electrons. The van der Waals surface area contributed by atoms with Crippen LogP contribution in [-0.4, -0.2) is 33.7 Å². The summed E-state index contributed by atoms with van der Waals surface area (Å²) in [6, 6.07) is 5.56. The molecule has 2 aromatic heterocycles. The van der Waals surface area contributed by atoms with Gasteiger partial charge in [-0.2, -0.15) is 0 Å². The van der Waals surface area contributed by atoms with Gasteiger partial charge >= 0.3 is 0 Å². The number of nitrogen functional groups attached to an aromatic ring is 1. The number of amides is 1. The highest BCUT2D eigenvalue weighted by Crippen LogP contribution is 2.30. The Hall–Kier alpha value is -2.39. The predicted octanol–water partition coefficient (Wildman–Crippen LogP) is 2.41. The van der Waals surface area contributed by atoms with Crippen LogP contribution in [0.4, 0.5) is 11.6 Å². The van der Waals surface area contributed by atoms with Gasteiger partial charge in [0.25, 0.3) is 0 Å². The number of carbonyl (C=O) groups excluding carboxylic acids is 1. The zero-order valence-corrected chi connectivity index (χ0v) is 13.8. The molecular formula is C14H13N5O2S2. The van der Waals surface area contributed by atoms with Gasteiger partial charge < -0.3 is 10.5 Å². The summed E-state index contributed by atoms with van der Waals surface area (Å²) < 4.78 is 6.78. The number of anilines is 2. The summed E-state index contributed by atoms with van der Waals surface area (Å²) in [7, 11) is 1.53. The molecular weight excluding hydrogens is 334 g/mol. The van der Waals surface area contributed by atoms with Crippen LogP contribution in [0.25, 0.3) is 10.2 Å². The third kappa shape index (κ3) is 3.88. The first-order valence-corrected chi connectivity index (χ1v) is 8.39. The van der Waals surface area contributed by atoms with Crippen molar-refractivity contribution in [1.29, 1.82) is 0 Å². The van der Waals surface area contributed by atoms with Gasteiger partial charge in [-0.15, -0.1) is 11.3 Å². The number of ether oxygens (including phenoxy) is 1. The molecule has 118 valence electrons. The van der Waals surface area contributed by atoms with Crippen molar-refractivity contribution >= 4 is 50.9 Å². The Morgan fingerprint density at radius 1 is 1.39 bits per heavy atom. The summed E-state index contributed by atoms with van der Waals surface area (Å²) in [6.45, 7) is 0. The van der Waals surface area contributed by atoms with E-state index in [-0.39, 0.29) is 17.6 Å². The Balaban J connectivity index is 1.58. The lowest BCUT2D eigenvalue weighted by molar-refractivity contribution is -0.113. The molecule has 23 heavy (non-hydrogen) atoms. The van der Waals surface area contributed by atoms with Crippen molar-refractivity contribution in [1.82, 2.24) is 15.0 Å². The number of nitrogens with one attached hydrogen (secondary N) is 1. The minimum absolute atomic E-state index is 0.195. The van der Waals surface area contributed by atoms with Gasteiger partial charge in [-0.3, -0.25) is 10.1 Å². The third-order valence-corrected chi connectivity index (χ3v) is 5.00. The van der Waals surface area contributed by atoms with Gasteiger partial charge in [0.05, 0.1) is 35.5 Å². The molecule has 1 amide bonds. The maximum absolute atomic E-state index is 11.9. The summed E-state index contributed by atoms with van der Waals surface area (Å²) in [5, 5.41) is 2.63. The highest BCUT2D eigenvalue weighted by molar-refractivity contribution is 8.01. The number of benzene rings is 1. The number of fused-ring (bicyclic) bond motifs is 1. The van der Waals surface area contributed by atoms with Crippen LogP contribution >= 0.6 is 23.1 Å². The molecule has 0 aliphatic carbocycles. The fraction of sp³-hybridized carbons (Fsp3) is 0.143. The summed E-state index contributed by atoms with van der Waals surface area (Å²) in [5.41, 5.74) is 7.33. The number of thioether (sulfide) groups is 1. The number of carbonyl (C=O) groups is 1. The topological polar surface area (TPSA) is 103 Å². The number of hydrogen-bond acceptors (Lipinski definition) is 8. The molecule has 0 saturated heterocycles. The van der Waals surface area contributed by atoms with Gasteiger partial charge in [0.15, 0.2) is 10.1 Å². The van der Waals surface area contributed by atoms with E-state index in [1.54, 1.807) is 0 Å². The number of methoxy groups -OCH3 is 1. The van der Waals surface area contributed by atoms with E-state index in [2.05, 4.69) is 20.3 Å². The van der Waals surface area contributed by atoms with Crippen LogP contribution in [0.3, 0.4) is 0 Å². The van der Waals surface area contributed by atoms with E-state index >= 15 is 0 Å². The largest absolute Gasteiger partial charge is 0.494 e. The van der Waals surface area contributed by atoms with E-state index < -0.39 is 0 Å². The minimum atomic E-state index is -0.195. The normalized spacial score (nSPS) is 10.7. The van der Waals surface area contributed by atoms with Crippen molar-refractivity contribution in [3.8, 4) is 5.75 Å². The van der Waals surface area contributed by atoms with Gasteiger partial charge in [-0.05, 0) is 18.2 Å². The van der Waals surface area contributed by atoms with Crippen molar-refractivity contribution in [2.24, 2.45) is 0 Å². The summed E-state index contributed by atoms with van der Waals surface area (Å²) in [4.78, 5) is 24.3. The van der Waals surface area contributed by atoms with Crippen molar-refractivity contribution < 1.29 is 9.53 Å². The Kier molecular flexibility index (Phi) is 4.58. The first-order chi connectivity index (χ1) is 11.1. The van der Waals surface area contributed by atoms with E-state index in [1.165, 1.54) is 42.6 Å². The standard InChI is InChI=1S/C14H13N5O2S2/c1-21-9-5-16-13(17-6-9)19-12(20)7-22-14-18-10-3-2-8(15)4-11(10)23-14/h2-6H,7,15H2,1H3,(H,16,17,19,20). The third-order valence-electron chi connectivity index (χ3n) is 2.83. The molecule has 3 aromatic rings. The average molecular weight is 347 g/mol. The zero-order chi connectivity index (χ0) is 16.2. The molecule has 7 nitrogen and oxygen atoms in total. The Bertz CT molecular complexity index is 835. The van der Waals surface area contributed by atoms with Gasteiger partial charge in [0, 0.05) is 5.69 Å². The average Bonchev–Trinajstić information content (AvgIpc) is 2.95. The van der Waals surface area contributed by atoms with E-state index in [0.29, 0.717) is 11.4 Å². The molecule has 0 aliphatic rings. The predicted molar refractivity (Wildman–Crippen MR) is 92.0 cm³/mol. The van der Waals surface area contributed by atoms with Crippen molar-refractivity contribution in [3.63, 3.8) is 0 Å². The summed E-state index contributed by atoms with van der Waals surface area (Å²) >= 11 is 2.87. The van der Waals surface area contributed by atoms with Crippen LogP contribution in [-0.2, 0) is 4.79 Å². The Labute approximate surface area is 140 Å². The van der Waals surface area contributed by atoms with E-state index in [9.17, 15) is 4.79 Å². The smallest absolute Gasteiger partial charge is 0.237 e. The monoisotopic (exact) mass is 347 g/mol. The summed E-state index contributed by atoms with van der Waals surface area (Å²) in [5.74, 6) is 0.809. The van der Waals surface area contributed by atoms with Crippen molar-refractivity contribution in [3.05, 3.63) is 30.6 Å². The van der Waals surface area contributed by atoms with E-state index in [1.807, 2.05) is 18.2 Å². The second-order valence-electron chi connectivity index (χ2n) is 4.49. The molecule has 0 atom stereocenters. The Morgan fingerprint density at radius 3 is 2.91 bits per heavy atom. The number of hydrogen-bond donors (Lipinski definition) is 2. The van der Waals surface area contributed by atoms with Crippen LogP contribution in [0.2, 0.25) is 0 Å². The maximum atomic E-state index is 11.9. The number of rotatable bonds is 5. The molecule has 3 rings (SSSR count). The number of nitrogens with zero attached hydrogens (tertiary/aromatic N) is 3. The highest BCUT2D eigenvalue weighted by atomic mass is 32.2. The number of aromatic nitrogens is 3. The SMILES string of the molecule is COc1cnc(NC(=O)CSc2nc3ccc(N)cc3s2)nc1. The molecule has 1 aromatic carbocycles. The first-order valence-electron chi connectivity index (χ1n) is 6.59. The number of nitrogens with two attached hydrogens (primary N) is 1. The van der Waals surface area contributed by atoms with Crippen LogP contribution < -0.4 is 15.8 Å². The molecule has 0 spiro atoms. The van der Waals surface area contributed by atoms with E-state index in [4.69, 9.17) is 10.5 Å². The van der Waals surface area contributed by atoms with Crippen LogP contribution in [0.5, 0.6) is 5.75 Å². The molecule has 0 fully saturated rings. The van der Waals surface area contributed by atoms with E-state index in [0.717, 1.165) is 14.6 Å². The highest BCUT2D eigenvalue weighted by Gasteiger charge is 2.09. The molecule has 0 saturated carbocycles. The quantitative estimate of drug-likeness (QED) is 0.539. The maximum Gasteiger partial charge on any atom is 0.237 e. The van der Waals surface area contributed by atoms with Gasteiger partial charge in [0.2, 0.25) is 11.9 Å². The molecule has 9 heteroatoms. The minimum Gasteiger partial charge on any atom is -0.494 e. The van der Waals surface area contributed by atoms with Crippen LogP contribution in [0.1, 0.15) is 0 Å².